The highest BCUT2D eigenvalue weighted by Crippen LogP contribution is 2.30. The molecule has 1 fully saturated rings. The first-order chi connectivity index (χ1) is 15.0. The Morgan fingerprint density at radius 1 is 1.03 bits per heavy atom. The molecular weight excluding hydrogens is 392 g/mol. The number of rotatable bonds is 6. The second-order valence-corrected chi connectivity index (χ2v) is 7.71. The number of anilines is 1. The topological polar surface area (TPSA) is 75.7 Å². The summed E-state index contributed by atoms with van der Waals surface area (Å²) in [6.07, 6.45) is 6.71. The van der Waals surface area contributed by atoms with E-state index in [2.05, 4.69) is 5.32 Å². The molecule has 6 nitrogen and oxygen atoms in total. The fourth-order valence-electron chi connectivity index (χ4n) is 3.78. The minimum absolute atomic E-state index is 0.0124. The molecule has 0 radical (unpaired) electrons. The summed E-state index contributed by atoms with van der Waals surface area (Å²) in [5.74, 6) is -0.401. The van der Waals surface area contributed by atoms with Crippen molar-refractivity contribution < 1.29 is 19.1 Å². The lowest BCUT2D eigenvalue weighted by atomic mass is 9.96. The van der Waals surface area contributed by atoms with Crippen molar-refractivity contribution in [3.8, 4) is 0 Å². The van der Waals surface area contributed by atoms with Crippen LogP contribution in [0.4, 0.5) is 5.69 Å². The molecular formula is C25H24N2O4. The Morgan fingerprint density at radius 2 is 1.68 bits per heavy atom. The third kappa shape index (κ3) is 4.34. The molecule has 6 heteroatoms. The van der Waals surface area contributed by atoms with E-state index in [1.807, 2.05) is 30.3 Å². The lowest BCUT2D eigenvalue weighted by Crippen LogP contribution is -2.57. The number of ketones is 2. The van der Waals surface area contributed by atoms with Crippen molar-refractivity contribution in [2.24, 2.45) is 5.92 Å². The minimum Gasteiger partial charge on any atom is -0.385 e. The molecule has 1 saturated heterocycles. The lowest BCUT2D eigenvalue weighted by Gasteiger charge is -2.44. The van der Waals surface area contributed by atoms with E-state index in [4.69, 9.17) is 4.74 Å². The highest BCUT2D eigenvalue weighted by Gasteiger charge is 2.43. The molecule has 1 aliphatic heterocycles. The van der Waals surface area contributed by atoms with Crippen molar-refractivity contribution in [3.63, 3.8) is 0 Å². The Kier molecular flexibility index (Phi) is 5.82. The Hall–Kier alpha value is -3.51. The number of carbonyl (C=O) groups excluding carboxylic acids is 3. The van der Waals surface area contributed by atoms with E-state index >= 15 is 0 Å². The number of ether oxygens (including phenoxy) is 1. The molecule has 2 aliphatic rings. The Morgan fingerprint density at radius 3 is 2.35 bits per heavy atom. The van der Waals surface area contributed by atoms with Gasteiger partial charge in [-0.25, -0.2) is 0 Å². The molecule has 158 valence electrons. The lowest BCUT2D eigenvalue weighted by molar-refractivity contribution is -0.175. The van der Waals surface area contributed by atoms with E-state index in [9.17, 15) is 14.4 Å². The van der Waals surface area contributed by atoms with Gasteiger partial charge < -0.3 is 15.0 Å². The monoisotopic (exact) mass is 416 g/mol. The first-order valence-electron chi connectivity index (χ1n) is 10.3. The van der Waals surface area contributed by atoms with Crippen molar-refractivity contribution in [2.75, 3.05) is 25.5 Å². The molecule has 0 aromatic heterocycles. The molecule has 2 aromatic carbocycles. The van der Waals surface area contributed by atoms with Crippen molar-refractivity contribution in [1.29, 1.82) is 0 Å². The van der Waals surface area contributed by atoms with Gasteiger partial charge in [-0.3, -0.25) is 14.4 Å². The summed E-state index contributed by atoms with van der Waals surface area (Å²) in [6, 6.07) is 16.5. The summed E-state index contributed by atoms with van der Waals surface area (Å²) in [6.45, 7) is 0.884. The average molecular weight is 416 g/mol. The van der Waals surface area contributed by atoms with E-state index in [1.54, 1.807) is 48.4 Å². The molecule has 0 saturated carbocycles. The van der Waals surface area contributed by atoms with Gasteiger partial charge in [-0.05, 0) is 55.0 Å². The Balaban J connectivity index is 1.30. The maximum absolute atomic E-state index is 12.8. The quantitative estimate of drug-likeness (QED) is 0.732. The van der Waals surface area contributed by atoms with Gasteiger partial charge in [0.05, 0.1) is 12.5 Å². The number of nitrogens with zero attached hydrogens (tertiary/aromatic N) is 1. The fourth-order valence-corrected chi connectivity index (χ4v) is 3.78. The molecule has 4 rings (SSSR count). The molecule has 1 N–H and O–H groups in total. The van der Waals surface area contributed by atoms with Gasteiger partial charge in [0.15, 0.2) is 17.3 Å². The third-order valence-electron chi connectivity index (χ3n) is 5.70. The number of hydrogen-bond acceptors (Lipinski definition) is 5. The summed E-state index contributed by atoms with van der Waals surface area (Å²) >= 11 is 0. The second kappa shape index (κ2) is 8.70. The Labute approximate surface area is 181 Å². The molecule has 1 heterocycles. The molecule has 1 atom stereocenters. The van der Waals surface area contributed by atoms with Crippen LogP contribution in [-0.2, 0) is 14.3 Å². The second-order valence-electron chi connectivity index (χ2n) is 7.71. The summed E-state index contributed by atoms with van der Waals surface area (Å²) in [7, 11) is 1.69. The first-order valence-corrected chi connectivity index (χ1v) is 10.3. The van der Waals surface area contributed by atoms with Crippen LogP contribution in [0, 0.1) is 5.92 Å². The van der Waals surface area contributed by atoms with Crippen molar-refractivity contribution in [2.45, 2.75) is 12.1 Å². The van der Waals surface area contributed by atoms with E-state index in [-0.39, 0.29) is 30.0 Å². The minimum atomic E-state index is -0.962. The van der Waals surface area contributed by atoms with Crippen molar-refractivity contribution in [1.82, 2.24) is 4.90 Å². The predicted molar refractivity (Wildman–Crippen MR) is 118 cm³/mol. The molecule has 1 unspecified atom stereocenters. The van der Waals surface area contributed by atoms with Crippen LogP contribution in [-0.4, -0.2) is 48.3 Å². The van der Waals surface area contributed by atoms with E-state index in [0.29, 0.717) is 24.1 Å². The number of allylic oxidation sites excluding steroid dienone is 2. The van der Waals surface area contributed by atoms with Crippen LogP contribution < -0.4 is 5.32 Å². The van der Waals surface area contributed by atoms with Gasteiger partial charge in [0.1, 0.15) is 0 Å². The zero-order chi connectivity index (χ0) is 21.8. The fraction of sp³-hybridized carbons (Fsp3) is 0.240. The van der Waals surface area contributed by atoms with E-state index in [1.165, 1.54) is 12.2 Å². The smallest absolute Gasteiger partial charge is 0.230 e. The first kappa shape index (κ1) is 20.8. The summed E-state index contributed by atoms with van der Waals surface area (Å²) in [4.78, 5) is 38.2. The zero-order valence-electron chi connectivity index (χ0n) is 17.3. The summed E-state index contributed by atoms with van der Waals surface area (Å²) in [5.41, 5.74) is 1.21. The maximum Gasteiger partial charge on any atom is 0.230 e. The van der Waals surface area contributed by atoms with Crippen LogP contribution in [0.1, 0.15) is 22.3 Å². The van der Waals surface area contributed by atoms with Gasteiger partial charge in [0, 0.05) is 30.4 Å². The van der Waals surface area contributed by atoms with Crippen LogP contribution in [0.25, 0.3) is 0 Å². The highest BCUT2D eigenvalue weighted by molar-refractivity contribution is 6.09. The van der Waals surface area contributed by atoms with Gasteiger partial charge in [-0.1, -0.05) is 30.3 Å². The maximum atomic E-state index is 12.8. The zero-order valence-corrected chi connectivity index (χ0v) is 17.3. The largest absolute Gasteiger partial charge is 0.385 e. The molecule has 2 aromatic rings. The van der Waals surface area contributed by atoms with Crippen LogP contribution in [0.15, 0.2) is 78.9 Å². The number of likely N-dealkylation sites (N-methyl/N-ethyl adjacent to an activating group) is 1. The van der Waals surface area contributed by atoms with Crippen LogP contribution in [0.5, 0.6) is 0 Å². The number of amides is 1. The van der Waals surface area contributed by atoms with Gasteiger partial charge >= 0.3 is 0 Å². The van der Waals surface area contributed by atoms with Crippen molar-refractivity contribution >= 4 is 23.2 Å². The SMILES string of the molecule is CN1C(=O)C(CCNc2ccc(C(=O)c3ccccc3)cc2)COC12C=CC(=O)C=C2. The number of benzene rings is 2. The van der Waals surface area contributed by atoms with Crippen LogP contribution >= 0.6 is 0 Å². The number of nitrogens with one attached hydrogen (secondary N) is 1. The molecule has 1 spiro atoms. The summed E-state index contributed by atoms with van der Waals surface area (Å²) in [5, 5.41) is 3.30. The average Bonchev–Trinajstić information content (AvgIpc) is 2.81. The predicted octanol–water partition coefficient (Wildman–Crippen LogP) is 3.22. The standard InChI is InChI=1S/C25H24N2O4/c1-27-24(30)20(17-31-25(27)14-11-22(28)12-15-25)13-16-26-21-9-7-19(8-10-21)23(29)18-5-3-2-4-6-18/h2-12,14-15,20,26H,13,16-17H2,1H3. The molecule has 31 heavy (non-hydrogen) atoms. The molecule has 1 amide bonds. The van der Waals surface area contributed by atoms with Crippen molar-refractivity contribution in [3.05, 3.63) is 90.0 Å². The van der Waals surface area contributed by atoms with E-state index in [0.717, 1.165) is 5.69 Å². The van der Waals surface area contributed by atoms with Gasteiger partial charge in [-0.15, -0.1) is 0 Å². The summed E-state index contributed by atoms with van der Waals surface area (Å²) < 4.78 is 5.95. The van der Waals surface area contributed by atoms with Gasteiger partial charge in [0.2, 0.25) is 5.91 Å². The Bertz CT molecular complexity index is 1020. The van der Waals surface area contributed by atoms with Gasteiger partial charge in [0.25, 0.3) is 0 Å². The number of hydrogen-bond donors (Lipinski definition) is 1. The molecule has 0 bridgehead atoms. The third-order valence-corrected chi connectivity index (χ3v) is 5.70. The van der Waals surface area contributed by atoms with E-state index < -0.39 is 5.72 Å². The van der Waals surface area contributed by atoms with Gasteiger partial charge in [-0.2, -0.15) is 0 Å². The number of carbonyl (C=O) groups is 3. The van der Waals surface area contributed by atoms with Crippen LogP contribution in [0.3, 0.4) is 0 Å². The molecule has 1 aliphatic carbocycles. The normalized spacial score (nSPS) is 19.6. The van der Waals surface area contributed by atoms with Crippen LogP contribution in [0.2, 0.25) is 0 Å². The highest BCUT2D eigenvalue weighted by atomic mass is 16.5.